The van der Waals surface area contributed by atoms with Crippen LogP contribution in [-0.4, -0.2) is 36.5 Å². The third-order valence-corrected chi connectivity index (χ3v) is 10.1. The number of amidine groups is 1. The van der Waals surface area contributed by atoms with Gasteiger partial charge in [-0.3, -0.25) is 10.2 Å². The summed E-state index contributed by atoms with van der Waals surface area (Å²) >= 11 is 0. The number of benzene rings is 5. The standard InChI is InChI=1S/C43H42N4O5/c1-24(2)22-46-42(49)28-13-15-30(33(19-28)43(50)52-23-25-9-5-4-6-10-25)31-20-37(48)38(51-3)21-32(31)40-35-17-26-11-7-8-12-29(26)39(35)34-18-27(41(44)45)14-16-36(34)47-40/h4-16,18-21,24,35,39-40,47-48H,17,22-23H2,1-3H3,(H3,44,45)(H,46,49). The van der Waals surface area contributed by atoms with Gasteiger partial charge in [-0.2, -0.15) is 0 Å². The van der Waals surface area contributed by atoms with Crippen molar-refractivity contribution in [3.05, 3.63) is 148 Å². The summed E-state index contributed by atoms with van der Waals surface area (Å²) in [6.45, 7) is 4.56. The van der Waals surface area contributed by atoms with Gasteiger partial charge in [0.2, 0.25) is 0 Å². The molecule has 7 rings (SSSR count). The van der Waals surface area contributed by atoms with Gasteiger partial charge in [0.25, 0.3) is 5.91 Å². The number of amides is 1. The number of phenolic OH excluding ortho intramolecular Hbond substituents is 1. The van der Waals surface area contributed by atoms with E-state index in [1.807, 2.05) is 80.6 Å². The van der Waals surface area contributed by atoms with E-state index in [4.69, 9.17) is 20.6 Å². The third kappa shape index (κ3) is 6.57. The Hall–Kier alpha value is -6.09. The molecule has 5 aromatic carbocycles. The Kier molecular flexibility index (Phi) is 9.43. The molecule has 264 valence electrons. The van der Waals surface area contributed by atoms with Crippen molar-refractivity contribution in [1.29, 1.82) is 5.41 Å². The summed E-state index contributed by atoms with van der Waals surface area (Å²) < 4.78 is 11.5. The predicted molar refractivity (Wildman–Crippen MR) is 202 cm³/mol. The summed E-state index contributed by atoms with van der Waals surface area (Å²) in [5.74, 6) is -0.412. The van der Waals surface area contributed by atoms with Gasteiger partial charge in [0.15, 0.2) is 11.5 Å². The molecule has 3 atom stereocenters. The van der Waals surface area contributed by atoms with E-state index in [2.05, 4.69) is 22.8 Å². The molecular weight excluding hydrogens is 652 g/mol. The molecule has 52 heavy (non-hydrogen) atoms. The zero-order valence-corrected chi connectivity index (χ0v) is 29.4. The normalized spacial score (nSPS) is 17.0. The lowest BCUT2D eigenvalue weighted by Gasteiger charge is -2.39. The lowest BCUT2D eigenvalue weighted by Crippen LogP contribution is -2.31. The average molecular weight is 695 g/mol. The summed E-state index contributed by atoms with van der Waals surface area (Å²) in [4.78, 5) is 27.3. The molecule has 1 amide bonds. The fourth-order valence-corrected chi connectivity index (χ4v) is 7.56. The second-order valence-corrected chi connectivity index (χ2v) is 13.9. The lowest BCUT2D eigenvalue weighted by atomic mass is 9.73. The van der Waals surface area contributed by atoms with Gasteiger partial charge in [0, 0.05) is 29.3 Å². The Morgan fingerprint density at radius 1 is 0.904 bits per heavy atom. The molecular formula is C43H42N4O5. The fraction of sp³-hybridized carbons (Fsp3) is 0.233. The number of esters is 1. The number of rotatable bonds is 10. The highest BCUT2D eigenvalue weighted by Crippen LogP contribution is 2.56. The number of anilines is 1. The summed E-state index contributed by atoms with van der Waals surface area (Å²) in [7, 11) is 1.51. The Bertz CT molecular complexity index is 2180. The molecule has 3 unspecified atom stereocenters. The number of ether oxygens (including phenoxy) is 2. The second kappa shape index (κ2) is 14.3. The van der Waals surface area contributed by atoms with Gasteiger partial charge in [-0.05, 0) is 99.7 Å². The van der Waals surface area contributed by atoms with Gasteiger partial charge in [-0.1, -0.05) is 74.5 Å². The minimum atomic E-state index is -0.594. The van der Waals surface area contributed by atoms with Gasteiger partial charge < -0.3 is 30.9 Å². The number of aromatic hydroxyl groups is 1. The van der Waals surface area contributed by atoms with Gasteiger partial charge in [0.1, 0.15) is 12.4 Å². The molecule has 1 aliphatic carbocycles. The molecule has 6 N–H and O–H groups in total. The van der Waals surface area contributed by atoms with Crippen LogP contribution in [0.2, 0.25) is 0 Å². The SMILES string of the molecule is COc1cc(C2Nc3ccc(C(=N)N)cc3C3c4ccccc4CC23)c(-c2ccc(C(=O)NCC(C)C)cc2C(=O)OCc2ccccc2)cc1O. The van der Waals surface area contributed by atoms with Crippen LogP contribution in [0.15, 0.2) is 103 Å². The number of nitrogen functional groups attached to an aromatic ring is 1. The van der Waals surface area contributed by atoms with Crippen molar-refractivity contribution >= 4 is 23.4 Å². The van der Waals surface area contributed by atoms with Crippen LogP contribution < -0.4 is 21.1 Å². The molecule has 9 nitrogen and oxygen atoms in total. The van der Waals surface area contributed by atoms with Crippen molar-refractivity contribution in [2.75, 3.05) is 19.0 Å². The third-order valence-electron chi connectivity index (χ3n) is 10.1. The van der Waals surface area contributed by atoms with E-state index in [0.717, 1.165) is 28.8 Å². The van der Waals surface area contributed by atoms with Crippen molar-refractivity contribution in [1.82, 2.24) is 5.32 Å². The lowest BCUT2D eigenvalue weighted by molar-refractivity contribution is 0.0473. The minimum Gasteiger partial charge on any atom is -0.504 e. The van der Waals surface area contributed by atoms with E-state index in [1.54, 1.807) is 24.3 Å². The highest BCUT2D eigenvalue weighted by Gasteiger charge is 2.44. The summed E-state index contributed by atoms with van der Waals surface area (Å²) in [6.07, 6.45) is 0.770. The maximum Gasteiger partial charge on any atom is 0.339 e. The number of hydrogen-bond donors (Lipinski definition) is 5. The first-order chi connectivity index (χ1) is 25.1. The smallest absolute Gasteiger partial charge is 0.339 e. The summed E-state index contributed by atoms with van der Waals surface area (Å²) in [6, 6.07) is 31.8. The quantitative estimate of drug-likeness (QED) is 0.0576. The number of carbonyl (C=O) groups is 2. The van der Waals surface area contributed by atoms with E-state index in [9.17, 15) is 14.7 Å². The first kappa shape index (κ1) is 34.4. The summed E-state index contributed by atoms with van der Waals surface area (Å²) in [5, 5.41) is 26.1. The number of nitrogens with one attached hydrogen (secondary N) is 3. The van der Waals surface area contributed by atoms with Gasteiger partial charge in [0.05, 0.1) is 18.7 Å². The van der Waals surface area contributed by atoms with Crippen LogP contribution in [0.1, 0.15) is 79.9 Å². The van der Waals surface area contributed by atoms with Crippen molar-refractivity contribution in [2.45, 2.75) is 38.8 Å². The van der Waals surface area contributed by atoms with E-state index in [-0.39, 0.29) is 53.5 Å². The molecule has 1 heterocycles. The molecule has 1 aliphatic heterocycles. The molecule has 0 saturated heterocycles. The second-order valence-electron chi connectivity index (χ2n) is 13.9. The van der Waals surface area contributed by atoms with Gasteiger partial charge in [-0.15, -0.1) is 0 Å². The number of nitrogens with two attached hydrogens (primary N) is 1. The maximum absolute atomic E-state index is 14.0. The van der Waals surface area contributed by atoms with Crippen LogP contribution in [-0.2, 0) is 17.8 Å². The van der Waals surface area contributed by atoms with Crippen LogP contribution >= 0.6 is 0 Å². The van der Waals surface area contributed by atoms with Crippen LogP contribution in [0.4, 0.5) is 5.69 Å². The van der Waals surface area contributed by atoms with Gasteiger partial charge in [-0.25, -0.2) is 4.79 Å². The number of fused-ring (bicyclic) bond motifs is 5. The highest BCUT2D eigenvalue weighted by molar-refractivity contribution is 6.03. The van der Waals surface area contributed by atoms with E-state index < -0.39 is 5.97 Å². The average Bonchev–Trinajstić information content (AvgIpc) is 3.55. The number of carbonyl (C=O) groups excluding carboxylic acids is 2. The molecule has 2 aliphatic rings. The van der Waals surface area contributed by atoms with Crippen LogP contribution in [0, 0.1) is 17.2 Å². The number of phenols is 1. The fourth-order valence-electron chi connectivity index (χ4n) is 7.56. The van der Waals surface area contributed by atoms with Crippen molar-refractivity contribution < 1.29 is 24.2 Å². The van der Waals surface area contributed by atoms with E-state index in [1.165, 1.54) is 18.2 Å². The largest absolute Gasteiger partial charge is 0.504 e. The summed E-state index contributed by atoms with van der Waals surface area (Å²) in [5.41, 5.74) is 14.3. The first-order valence-electron chi connectivity index (χ1n) is 17.5. The monoisotopic (exact) mass is 694 g/mol. The molecule has 0 spiro atoms. The molecule has 0 saturated carbocycles. The maximum atomic E-state index is 14.0. The zero-order valence-electron chi connectivity index (χ0n) is 29.4. The molecule has 0 fully saturated rings. The van der Waals surface area contributed by atoms with E-state index >= 15 is 0 Å². The molecule has 0 aromatic heterocycles. The first-order valence-corrected chi connectivity index (χ1v) is 17.5. The zero-order chi connectivity index (χ0) is 36.5. The van der Waals surface area contributed by atoms with Crippen molar-refractivity contribution in [3.8, 4) is 22.6 Å². The number of methoxy groups -OCH3 is 1. The Morgan fingerprint density at radius 3 is 2.40 bits per heavy atom. The van der Waals surface area contributed by atoms with Crippen molar-refractivity contribution in [2.24, 2.45) is 17.6 Å². The molecule has 0 radical (unpaired) electrons. The molecule has 5 aromatic rings. The molecule has 9 heteroatoms. The van der Waals surface area contributed by atoms with E-state index in [0.29, 0.717) is 34.5 Å². The topological polar surface area (TPSA) is 147 Å². The Balaban J connectivity index is 1.38. The number of hydrogen-bond acceptors (Lipinski definition) is 7. The van der Waals surface area contributed by atoms with Crippen LogP contribution in [0.5, 0.6) is 11.5 Å². The van der Waals surface area contributed by atoms with Gasteiger partial charge >= 0.3 is 5.97 Å². The minimum absolute atomic E-state index is 0.00586. The predicted octanol–water partition coefficient (Wildman–Crippen LogP) is 7.57. The molecule has 0 bridgehead atoms. The van der Waals surface area contributed by atoms with Crippen LogP contribution in [0.25, 0.3) is 11.1 Å². The van der Waals surface area contributed by atoms with Crippen LogP contribution in [0.3, 0.4) is 0 Å². The Labute approximate surface area is 303 Å². The Morgan fingerprint density at radius 2 is 1.65 bits per heavy atom. The highest BCUT2D eigenvalue weighted by atomic mass is 16.5. The van der Waals surface area contributed by atoms with Crippen molar-refractivity contribution in [3.63, 3.8) is 0 Å².